The average molecular weight is 577 g/mol. The number of amides is 1. The van der Waals surface area contributed by atoms with Crippen LogP contribution in [-0.2, 0) is 9.47 Å². The number of hydrogen-bond donors (Lipinski definition) is 2. The molecule has 2 atom stereocenters. The standard InChI is InChI=1S/C27H22ClFN8O4/c1-40-22-11-21(26-30-12-18(33-26)14-3-5-16(6-4-14)32-27(39)41-2)37-20(22)9-15(10-23(37)38)24-19(36-13-31-34-35-36)8-7-17(28)25(24)29/h3-10,12-13,21-22H,11H2,1-2H3,(H,30,33)(H,32,39)/t21-,22+/m0/s1. The van der Waals surface area contributed by atoms with Crippen molar-refractivity contribution in [2.24, 2.45) is 0 Å². The Morgan fingerprint density at radius 1 is 1.15 bits per heavy atom. The fraction of sp³-hybridized carbons (Fsp3) is 0.185. The zero-order chi connectivity index (χ0) is 28.7. The fourth-order valence-electron chi connectivity index (χ4n) is 5.04. The van der Waals surface area contributed by atoms with Crippen molar-refractivity contribution in [1.82, 2.24) is 34.7 Å². The van der Waals surface area contributed by atoms with Crippen molar-refractivity contribution in [2.45, 2.75) is 18.6 Å². The molecular weight excluding hydrogens is 555 g/mol. The van der Waals surface area contributed by atoms with Crippen LogP contribution in [0, 0.1) is 5.82 Å². The molecule has 14 heteroatoms. The minimum atomic E-state index is -0.698. The van der Waals surface area contributed by atoms with Gasteiger partial charge in [0.05, 0.1) is 47.6 Å². The number of benzene rings is 2. The largest absolute Gasteiger partial charge is 0.453 e. The molecule has 0 unspecified atom stereocenters. The van der Waals surface area contributed by atoms with Gasteiger partial charge in [-0.05, 0) is 51.9 Å². The van der Waals surface area contributed by atoms with Crippen LogP contribution in [0.3, 0.4) is 0 Å². The van der Waals surface area contributed by atoms with E-state index in [9.17, 15) is 9.59 Å². The van der Waals surface area contributed by atoms with E-state index < -0.39 is 24.1 Å². The highest BCUT2D eigenvalue weighted by Gasteiger charge is 2.35. The Balaban J connectivity index is 1.37. The van der Waals surface area contributed by atoms with E-state index in [0.29, 0.717) is 34.9 Å². The molecule has 41 heavy (non-hydrogen) atoms. The summed E-state index contributed by atoms with van der Waals surface area (Å²) in [5, 5.41) is 13.6. The first-order valence-corrected chi connectivity index (χ1v) is 12.8. The summed E-state index contributed by atoms with van der Waals surface area (Å²) in [4.78, 5) is 32.9. The van der Waals surface area contributed by atoms with E-state index in [-0.39, 0.29) is 16.1 Å². The minimum Gasteiger partial charge on any atom is -0.453 e. The van der Waals surface area contributed by atoms with E-state index in [1.807, 2.05) is 12.1 Å². The lowest BCUT2D eigenvalue weighted by Gasteiger charge is -2.16. The number of H-pyrrole nitrogens is 1. The Labute approximate surface area is 236 Å². The van der Waals surface area contributed by atoms with Crippen LogP contribution in [0.25, 0.3) is 28.1 Å². The van der Waals surface area contributed by atoms with Gasteiger partial charge in [0.1, 0.15) is 12.2 Å². The number of tetrazole rings is 1. The van der Waals surface area contributed by atoms with Gasteiger partial charge >= 0.3 is 6.09 Å². The van der Waals surface area contributed by atoms with Gasteiger partial charge in [-0.25, -0.2) is 14.2 Å². The molecule has 1 aliphatic heterocycles. The van der Waals surface area contributed by atoms with Crippen LogP contribution in [0.15, 0.2) is 65.8 Å². The molecule has 2 aromatic carbocycles. The van der Waals surface area contributed by atoms with Crippen molar-refractivity contribution in [3.63, 3.8) is 0 Å². The monoisotopic (exact) mass is 576 g/mol. The fourth-order valence-corrected chi connectivity index (χ4v) is 5.20. The van der Waals surface area contributed by atoms with Gasteiger partial charge in [-0.2, -0.15) is 4.68 Å². The molecule has 1 aliphatic rings. The number of aromatic nitrogens is 7. The Kier molecular flexibility index (Phi) is 6.81. The molecule has 0 fully saturated rings. The number of ether oxygens (including phenoxy) is 2. The summed E-state index contributed by atoms with van der Waals surface area (Å²) >= 11 is 6.12. The lowest BCUT2D eigenvalue weighted by Crippen LogP contribution is -2.24. The van der Waals surface area contributed by atoms with Crippen molar-refractivity contribution >= 4 is 23.4 Å². The average Bonchev–Trinajstić information content (AvgIpc) is 3.75. The summed E-state index contributed by atoms with van der Waals surface area (Å²) in [7, 11) is 2.85. The van der Waals surface area contributed by atoms with Gasteiger partial charge in [0.15, 0.2) is 5.82 Å². The normalized spacial score (nSPS) is 16.0. The van der Waals surface area contributed by atoms with Crippen LogP contribution in [0.5, 0.6) is 0 Å². The Morgan fingerprint density at radius 3 is 2.66 bits per heavy atom. The number of rotatable bonds is 6. The van der Waals surface area contributed by atoms with Gasteiger partial charge in [-0.3, -0.25) is 14.7 Å². The highest BCUT2D eigenvalue weighted by molar-refractivity contribution is 6.31. The van der Waals surface area contributed by atoms with Gasteiger partial charge in [0.25, 0.3) is 5.56 Å². The number of methoxy groups -OCH3 is 2. The van der Waals surface area contributed by atoms with Gasteiger partial charge in [-0.15, -0.1) is 5.10 Å². The molecule has 3 aromatic heterocycles. The second-order valence-electron chi connectivity index (χ2n) is 9.24. The SMILES string of the molecule is COC(=O)Nc1ccc(-c2cnc([C@@H]3C[C@@H](OC)c4cc(-c5c(-n6cnnn6)ccc(Cl)c5F)cc(=O)n43)[nH]2)cc1. The minimum absolute atomic E-state index is 0.0917. The number of halogens is 2. The molecule has 5 aromatic rings. The summed E-state index contributed by atoms with van der Waals surface area (Å²) in [5.41, 5.74) is 3.07. The van der Waals surface area contributed by atoms with Crippen molar-refractivity contribution in [2.75, 3.05) is 19.5 Å². The van der Waals surface area contributed by atoms with E-state index in [0.717, 1.165) is 11.3 Å². The molecule has 0 spiro atoms. The molecule has 2 N–H and O–H groups in total. The first kappa shape index (κ1) is 26.3. The van der Waals surface area contributed by atoms with Gasteiger partial charge in [0.2, 0.25) is 0 Å². The van der Waals surface area contributed by atoms with Crippen LogP contribution in [-0.4, -0.2) is 55.1 Å². The second-order valence-corrected chi connectivity index (χ2v) is 9.65. The van der Waals surface area contributed by atoms with Crippen LogP contribution < -0.4 is 10.9 Å². The van der Waals surface area contributed by atoms with Crippen molar-refractivity contribution < 1.29 is 18.7 Å². The third-order valence-corrected chi connectivity index (χ3v) is 7.25. The van der Waals surface area contributed by atoms with E-state index in [1.165, 1.54) is 30.3 Å². The van der Waals surface area contributed by atoms with Gasteiger partial charge in [0, 0.05) is 30.8 Å². The lowest BCUT2D eigenvalue weighted by atomic mass is 10.0. The number of nitrogens with zero attached hydrogens (tertiary/aromatic N) is 6. The number of fused-ring (bicyclic) bond motifs is 1. The molecule has 0 bridgehead atoms. The lowest BCUT2D eigenvalue weighted by molar-refractivity contribution is 0.102. The molecule has 12 nitrogen and oxygen atoms in total. The molecular formula is C27H22ClFN8O4. The summed E-state index contributed by atoms with van der Waals surface area (Å²) in [6.45, 7) is 0. The molecule has 208 valence electrons. The van der Waals surface area contributed by atoms with Gasteiger partial charge < -0.3 is 14.5 Å². The van der Waals surface area contributed by atoms with Crippen molar-refractivity contribution in [3.8, 4) is 28.1 Å². The number of carbonyl (C=O) groups is 1. The zero-order valence-electron chi connectivity index (χ0n) is 21.7. The van der Waals surface area contributed by atoms with E-state index >= 15 is 4.39 Å². The van der Waals surface area contributed by atoms with E-state index in [1.54, 1.807) is 42.1 Å². The maximum atomic E-state index is 15.4. The molecule has 1 amide bonds. The first-order valence-electron chi connectivity index (χ1n) is 12.4. The summed E-state index contributed by atoms with van der Waals surface area (Å²) in [5.74, 6) is -0.133. The van der Waals surface area contributed by atoms with Gasteiger partial charge in [-0.1, -0.05) is 23.7 Å². The van der Waals surface area contributed by atoms with Crippen molar-refractivity contribution in [3.05, 3.63) is 93.8 Å². The quantitative estimate of drug-likeness (QED) is 0.300. The number of nitrogens with one attached hydrogen (secondary N) is 2. The number of aromatic amines is 1. The molecule has 0 radical (unpaired) electrons. The molecule has 6 rings (SSSR count). The van der Waals surface area contributed by atoms with Crippen LogP contribution in [0.4, 0.5) is 14.9 Å². The summed E-state index contributed by atoms with van der Waals surface area (Å²) < 4.78 is 28.7. The van der Waals surface area contributed by atoms with Crippen molar-refractivity contribution in [1.29, 1.82) is 0 Å². The number of imidazole rings is 1. The van der Waals surface area contributed by atoms with Crippen LogP contribution in [0.1, 0.15) is 30.1 Å². The predicted octanol–water partition coefficient (Wildman–Crippen LogP) is 4.53. The number of hydrogen-bond acceptors (Lipinski definition) is 8. The number of pyridine rings is 1. The molecule has 0 aliphatic carbocycles. The maximum Gasteiger partial charge on any atom is 0.411 e. The molecule has 0 saturated carbocycles. The Bertz CT molecular complexity index is 1800. The molecule has 0 saturated heterocycles. The second kappa shape index (κ2) is 10.6. The van der Waals surface area contributed by atoms with Crippen LogP contribution >= 0.6 is 11.6 Å². The number of anilines is 1. The number of carbonyl (C=O) groups excluding carboxylic acids is 1. The highest BCUT2D eigenvalue weighted by atomic mass is 35.5. The van der Waals surface area contributed by atoms with E-state index in [2.05, 4.69) is 35.5 Å². The third-order valence-electron chi connectivity index (χ3n) is 6.96. The predicted molar refractivity (Wildman–Crippen MR) is 146 cm³/mol. The van der Waals surface area contributed by atoms with Crippen LogP contribution in [0.2, 0.25) is 5.02 Å². The first-order chi connectivity index (χ1) is 19.9. The molecule has 4 heterocycles. The van der Waals surface area contributed by atoms with E-state index in [4.69, 9.17) is 16.3 Å². The Morgan fingerprint density at radius 2 is 1.95 bits per heavy atom. The summed E-state index contributed by atoms with van der Waals surface area (Å²) in [6.07, 6.45) is 2.42. The zero-order valence-corrected chi connectivity index (χ0v) is 22.5. The maximum absolute atomic E-state index is 15.4. The summed E-state index contributed by atoms with van der Waals surface area (Å²) in [6, 6.07) is 12.7. The highest BCUT2D eigenvalue weighted by Crippen LogP contribution is 2.41. The topological polar surface area (TPSA) is 142 Å². The third kappa shape index (κ3) is 4.74. The Hall–Kier alpha value is -4.88. The smallest absolute Gasteiger partial charge is 0.411 e.